The lowest BCUT2D eigenvalue weighted by Crippen LogP contribution is -2.01. The highest BCUT2D eigenvalue weighted by atomic mass is 35.5. The fourth-order valence-electron chi connectivity index (χ4n) is 2.02. The van der Waals surface area contributed by atoms with Gasteiger partial charge in [-0.25, -0.2) is 0 Å². The molecule has 0 bridgehead atoms. The highest BCUT2D eigenvalue weighted by Gasteiger charge is 2.12. The summed E-state index contributed by atoms with van der Waals surface area (Å²) in [6.45, 7) is 7.10. The Morgan fingerprint density at radius 2 is 2.11 bits per heavy atom. The minimum absolute atomic E-state index is 0.444. The van der Waals surface area contributed by atoms with E-state index in [4.69, 9.17) is 22.1 Å². The van der Waals surface area contributed by atoms with Gasteiger partial charge in [-0.15, -0.1) is 0 Å². The van der Waals surface area contributed by atoms with Crippen LogP contribution in [0.4, 0.5) is 0 Å². The van der Waals surface area contributed by atoms with Gasteiger partial charge in [-0.3, -0.25) is 0 Å². The van der Waals surface area contributed by atoms with Crippen molar-refractivity contribution in [2.24, 2.45) is 11.7 Å². The standard InChI is InChI=1S/C15H22ClNO/c1-10(2)12(6-5-7-17)13-9-14(16)15(18-4)8-11(13)3/h6,8-10H,5,7,17H2,1-4H3/b12-6+. The Bertz CT molecular complexity index is 438. The first kappa shape index (κ1) is 15.1. The highest BCUT2D eigenvalue weighted by Crippen LogP contribution is 2.34. The molecule has 0 amide bonds. The molecule has 0 radical (unpaired) electrons. The zero-order chi connectivity index (χ0) is 13.7. The molecule has 0 unspecified atom stereocenters. The maximum absolute atomic E-state index is 6.21. The van der Waals surface area contributed by atoms with E-state index in [2.05, 4.69) is 26.8 Å². The summed E-state index contributed by atoms with van der Waals surface area (Å²) < 4.78 is 5.23. The Labute approximate surface area is 115 Å². The van der Waals surface area contributed by atoms with E-state index in [9.17, 15) is 0 Å². The second-order valence-corrected chi connectivity index (χ2v) is 5.10. The van der Waals surface area contributed by atoms with Gasteiger partial charge >= 0.3 is 0 Å². The number of hydrogen-bond acceptors (Lipinski definition) is 2. The number of rotatable bonds is 5. The van der Waals surface area contributed by atoms with Gasteiger partial charge in [0.2, 0.25) is 0 Å². The molecule has 0 atom stereocenters. The number of aryl methyl sites for hydroxylation is 1. The van der Waals surface area contributed by atoms with Crippen LogP contribution in [0, 0.1) is 12.8 Å². The van der Waals surface area contributed by atoms with Gasteiger partial charge in [-0.2, -0.15) is 0 Å². The van der Waals surface area contributed by atoms with Crippen molar-refractivity contribution in [3.05, 3.63) is 34.4 Å². The summed E-state index contributed by atoms with van der Waals surface area (Å²) >= 11 is 6.21. The molecule has 18 heavy (non-hydrogen) atoms. The third-order valence-electron chi connectivity index (χ3n) is 2.96. The van der Waals surface area contributed by atoms with Gasteiger partial charge in [0.25, 0.3) is 0 Å². The van der Waals surface area contributed by atoms with Crippen LogP contribution >= 0.6 is 11.6 Å². The van der Waals surface area contributed by atoms with Crippen LogP contribution in [-0.2, 0) is 0 Å². The summed E-state index contributed by atoms with van der Waals surface area (Å²) in [6.07, 6.45) is 3.09. The average Bonchev–Trinajstić information content (AvgIpc) is 2.32. The van der Waals surface area contributed by atoms with Crippen LogP contribution in [0.1, 0.15) is 31.4 Å². The lowest BCUT2D eigenvalue weighted by Gasteiger charge is -2.16. The zero-order valence-electron chi connectivity index (χ0n) is 11.6. The van der Waals surface area contributed by atoms with Crippen molar-refractivity contribution < 1.29 is 4.74 Å². The van der Waals surface area contributed by atoms with Crippen LogP contribution in [-0.4, -0.2) is 13.7 Å². The van der Waals surface area contributed by atoms with E-state index in [1.54, 1.807) is 7.11 Å². The van der Waals surface area contributed by atoms with Crippen molar-refractivity contribution in [2.45, 2.75) is 27.2 Å². The van der Waals surface area contributed by atoms with E-state index in [0.717, 1.165) is 12.2 Å². The molecule has 0 aliphatic rings. The molecular weight excluding hydrogens is 246 g/mol. The molecule has 3 heteroatoms. The number of allylic oxidation sites excluding steroid dienone is 1. The lowest BCUT2D eigenvalue weighted by molar-refractivity contribution is 0.414. The number of halogens is 1. The Morgan fingerprint density at radius 1 is 1.44 bits per heavy atom. The Morgan fingerprint density at radius 3 is 2.61 bits per heavy atom. The molecule has 0 fully saturated rings. The fraction of sp³-hybridized carbons (Fsp3) is 0.467. The van der Waals surface area contributed by atoms with Crippen molar-refractivity contribution in [2.75, 3.05) is 13.7 Å². The first-order valence-corrected chi connectivity index (χ1v) is 6.63. The second-order valence-electron chi connectivity index (χ2n) is 4.69. The van der Waals surface area contributed by atoms with Crippen LogP contribution < -0.4 is 10.5 Å². The summed E-state index contributed by atoms with van der Waals surface area (Å²) in [5.74, 6) is 1.17. The van der Waals surface area contributed by atoms with Gasteiger partial charge in [-0.1, -0.05) is 31.5 Å². The maximum Gasteiger partial charge on any atom is 0.137 e. The number of ether oxygens (including phenoxy) is 1. The molecule has 0 aromatic heterocycles. The Balaban J connectivity index is 3.25. The molecule has 0 saturated carbocycles. The van der Waals surface area contributed by atoms with Crippen LogP contribution in [0.25, 0.3) is 5.57 Å². The summed E-state index contributed by atoms with van der Waals surface area (Å²) in [4.78, 5) is 0. The molecule has 1 aromatic carbocycles. The smallest absolute Gasteiger partial charge is 0.137 e. The van der Waals surface area contributed by atoms with Crippen molar-refractivity contribution in [3.8, 4) is 5.75 Å². The van der Waals surface area contributed by atoms with Crippen molar-refractivity contribution >= 4 is 17.2 Å². The van der Waals surface area contributed by atoms with E-state index in [1.807, 2.05) is 12.1 Å². The maximum atomic E-state index is 6.21. The quantitative estimate of drug-likeness (QED) is 0.874. The first-order valence-electron chi connectivity index (χ1n) is 6.25. The van der Waals surface area contributed by atoms with Gasteiger partial charge in [-0.05, 0) is 54.6 Å². The third-order valence-corrected chi connectivity index (χ3v) is 3.26. The zero-order valence-corrected chi connectivity index (χ0v) is 12.3. The van der Waals surface area contributed by atoms with Crippen LogP contribution in [0.15, 0.2) is 18.2 Å². The number of nitrogens with two attached hydrogens (primary N) is 1. The number of hydrogen-bond donors (Lipinski definition) is 1. The number of methoxy groups -OCH3 is 1. The number of benzene rings is 1. The molecule has 0 aliphatic heterocycles. The summed E-state index contributed by atoms with van der Waals surface area (Å²) in [5, 5.41) is 0.650. The molecule has 1 rings (SSSR count). The summed E-state index contributed by atoms with van der Waals surface area (Å²) in [5.41, 5.74) is 9.23. The molecule has 2 N–H and O–H groups in total. The summed E-state index contributed by atoms with van der Waals surface area (Å²) in [6, 6.07) is 3.97. The Kier molecular flexibility index (Phi) is 5.70. The lowest BCUT2D eigenvalue weighted by atomic mass is 9.91. The predicted octanol–water partition coefficient (Wildman–Crippen LogP) is 4.05. The monoisotopic (exact) mass is 267 g/mol. The van der Waals surface area contributed by atoms with E-state index in [0.29, 0.717) is 17.5 Å². The molecular formula is C15H22ClNO. The molecule has 2 nitrogen and oxygen atoms in total. The van der Waals surface area contributed by atoms with Gasteiger partial charge in [0.05, 0.1) is 12.1 Å². The van der Waals surface area contributed by atoms with Crippen molar-refractivity contribution in [1.82, 2.24) is 0 Å². The molecule has 1 aromatic rings. The average molecular weight is 268 g/mol. The van der Waals surface area contributed by atoms with Gasteiger partial charge in [0.15, 0.2) is 0 Å². The van der Waals surface area contributed by atoms with Gasteiger partial charge in [0, 0.05) is 0 Å². The molecule has 0 heterocycles. The highest BCUT2D eigenvalue weighted by molar-refractivity contribution is 6.32. The topological polar surface area (TPSA) is 35.2 Å². The molecule has 0 spiro atoms. The van der Waals surface area contributed by atoms with Crippen LogP contribution in [0.2, 0.25) is 5.02 Å². The molecule has 100 valence electrons. The molecule has 0 saturated heterocycles. The minimum Gasteiger partial charge on any atom is -0.495 e. The minimum atomic E-state index is 0.444. The fourth-order valence-corrected chi connectivity index (χ4v) is 2.26. The normalized spacial score (nSPS) is 12.1. The second kappa shape index (κ2) is 6.81. The van der Waals surface area contributed by atoms with Crippen LogP contribution in [0.3, 0.4) is 0 Å². The predicted molar refractivity (Wildman–Crippen MR) is 79.2 cm³/mol. The third kappa shape index (κ3) is 3.50. The van der Waals surface area contributed by atoms with E-state index in [-0.39, 0.29) is 0 Å². The van der Waals surface area contributed by atoms with Crippen LogP contribution in [0.5, 0.6) is 5.75 Å². The van der Waals surface area contributed by atoms with E-state index >= 15 is 0 Å². The van der Waals surface area contributed by atoms with Crippen molar-refractivity contribution in [3.63, 3.8) is 0 Å². The van der Waals surface area contributed by atoms with E-state index in [1.165, 1.54) is 16.7 Å². The summed E-state index contributed by atoms with van der Waals surface area (Å²) in [7, 11) is 1.63. The van der Waals surface area contributed by atoms with Crippen molar-refractivity contribution in [1.29, 1.82) is 0 Å². The van der Waals surface area contributed by atoms with Gasteiger partial charge < -0.3 is 10.5 Å². The molecule has 0 aliphatic carbocycles. The van der Waals surface area contributed by atoms with Gasteiger partial charge in [0.1, 0.15) is 5.75 Å². The van der Waals surface area contributed by atoms with E-state index < -0.39 is 0 Å². The SMILES string of the molecule is COc1cc(C)c(/C(=C/CCN)C(C)C)cc1Cl. The first-order chi connectivity index (χ1) is 8.51. The largest absolute Gasteiger partial charge is 0.495 e. The Hall–Kier alpha value is -0.990.